The number of aliphatic hydroxyl groups is 1. The molecule has 5 nitrogen and oxygen atoms in total. The first-order chi connectivity index (χ1) is 8.54. The van der Waals surface area contributed by atoms with E-state index in [0.29, 0.717) is 19.3 Å². The summed E-state index contributed by atoms with van der Waals surface area (Å²) in [6.45, 7) is 1.53. The van der Waals surface area contributed by atoms with Gasteiger partial charge in [0.05, 0.1) is 4.92 Å². The third-order valence-corrected chi connectivity index (χ3v) is 2.98. The van der Waals surface area contributed by atoms with Crippen LogP contribution >= 0.6 is 0 Å². The molecule has 1 N–H and O–H groups in total. The molecular formula is C13H17NO4. The van der Waals surface area contributed by atoms with Gasteiger partial charge in [-0.1, -0.05) is 12.1 Å². The summed E-state index contributed by atoms with van der Waals surface area (Å²) >= 11 is 0. The second-order valence-electron chi connectivity index (χ2n) is 4.28. The van der Waals surface area contributed by atoms with Crippen molar-refractivity contribution in [1.29, 1.82) is 0 Å². The second-order valence-corrected chi connectivity index (χ2v) is 4.28. The lowest BCUT2D eigenvalue weighted by Gasteiger charge is -2.11. The molecule has 18 heavy (non-hydrogen) atoms. The normalized spacial score (nSPS) is 12.1. The molecule has 1 aromatic carbocycles. The van der Waals surface area contributed by atoms with Crippen molar-refractivity contribution in [1.82, 2.24) is 0 Å². The maximum Gasteiger partial charge on any atom is 0.269 e. The smallest absolute Gasteiger partial charge is 0.269 e. The lowest BCUT2D eigenvalue weighted by atomic mass is 9.93. The Morgan fingerprint density at radius 1 is 1.33 bits per heavy atom. The van der Waals surface area contributed by atoms with Crippen LogP contribution in [0, 0.1) is 16.0 Å². The number of nitro benzene ring substituents is 1. The standard InChI is InChI=1S/C13H17NO4/c1-10(16)12(8-9-15)5-2-11-3-6-13(7-4-11)14(17)18/h3-4,6-7,12,15H,2,5,8-9H2,1H3. The number of ketones is 1. The first kappa shape index (κ1) is 14.3. The Balaban J connectivity index is 2.56. The molecule has 0 amide bonds. The van der Waals surface area contributed by atoms with Crippen molar-refractivity contribution in [3.05, 3.63) is 39.9 Å². The first-order valence-corrected chi connectivity index (χ1v) is 5.89. The molecular weight excluding hydrogens is 234 g/mol. The number of nitro groups is 1. The predicted molar refractivity (Wildman–Crippen MR) is 67.3 cm³/mol. The molecule has 0 aliphatic heterocycles. The highest BCUT2D eigenvalue weighted by molar-refractivity contribution is 5.78. The average Bonchev–Trinajstić information content (AvgIpc) is 2.34. The number of Topliss-reactive ketones (excluding diaryl/α,β-unsaturated/α-hetero) is 1. The van der Waals surface area contributed by atoms with Gasteiger partial charge in [-0.3, -0.25) is 14.9 Å². The maximum atomic E-state index is 11.3. The van der Waals surface area contributed by atoms with Gasteiger partial charge in [0.25, 0.3) is 5.69 Å². The van der Waals surface area contributed by atoms with Crippen LogP contribution in [-0.4, -0.2) is 22.4 Å². The zero-order valence-electron chi connectivity index (χ0n) is 10.3. The molecule has 1 aromatic rings. The Hall–Kier alpha value is -1.75. The number of hydrogen-bond acceptors (Lipinski definition) is 4. The van der Waals surface area contributed by atoms with Gasteiger partial charge in [-0.25, -0.2) is 0 Å². The Kier molecular flexibility index (Phi) is 5.45. The van der Waals surface area contributed by atoms with Gasteiger partial charge in [-0.2, -0.15) is 0 Å². The summed E-state index contributed by atoms with van der Waals surface area (Å²) in [7, 11) is 0. The SMILES string of the molecule is CC(=O)C(CCO)CCc1ccc([N+](=O)[O-])cc1. The van der Waals surface area contributed by atoms with Crippen LogP contribution in [0.15, 0.2) is 24.3 Å². The van der Waals surface area contributed by atoms with E-state index in [-0.39, 0.29) is 24.0 Å². The maximum absolute atomic E-state index is 11.3. The quantitative estimate of drug-likeness (QED) is 0.594. The molecule has 98 valence electrons. The second kappa shape index (κ2) is 6.86. The number of aryl methyl sites for hydroxylation is 1. The average molecular weight is 251 g/mol. The summed E-state index contributed by atoms with van der Waals surface area (Å²) in [5.74, 6) is -0.0591. The van der Waals surface area contributed by atoms with E-state index < -0.39 is 4.92 Å². The molecule has 0 aliphatic carbocycles. The van der Waals surface area contributed by atoms with Gasteiger partial charge in [-0.05, 0) is 31.7 Å². The van der Waals surface area contributed by atoms with E-state index in [4.69, 9.17) is 5.11 Å². The fourth-order valence-corrected chi connectivity index (χ4v) is 1.83. The lowest BCUT2D eigenvalue weighted by Crippen LogP contribution is -2.13. The number of rotatable bonds is 7. The highest BCUT2D eigenvalue weighted by Gasteiger charge is 2.13. The van der Waals surface area contributed by atoms with Crippen LogP contribution in [0.25, 0.3) is 0 Å². The number of carbonyl (C=O) groups is 1. The van der Waals surface area contributed by atoms with Gasteiger partial charge in [-0.15, -0.1) is 0 Å². The van der Waals surface area contributed by atoms with Crippen molar-refractivity contribution < 1.29 is 14.8 Å². The highest BCUT2D eigenvalue weighted by Crippen LogP contribution is 2.17. The third-order valence-electron chi connectivity index (χ3n) is 2.98. The summed E-state index contributed by atoms with van der Waals surface area (Å²) < 4.78 is 0. The Morgan fingerprint density at radius 2 is 1.94 bits per heavy atom. The van der Waals surface area contributed by atoms with Crippen molar-refractivity contribution in [3.63, 3.8) is 0 Å². The zero-order valence-corrected chi connectivity index (χ0v) is 10.3. The largest absolute Gasteiger partial charge is 0.396 e. The lowest BCUT2D eigenvalue weighted by molar-refractivity contribution is -0.384. The van der Waals surface area contributed by atoms with Crippen LogP contribution in [0.2, 0.25) is 0 Å². The predicted octanol–water partition coefficient (Wildman–Crippen LogP) is 2.12. The zero-order chi connectivity index (χ0) is 13.5. The minimum absolute atomic E-state index is 0.00447. The van der Waals surface area contributed by atoms with Crippen molar-refractivity contribution in [2.45, 2.75) is 26.2 Å². The number of aliphatic hydroxyl groups excluding tert-OH is 1. The van der Waals surface area contributed by atoms with Crippen LogP contribution in [0.1, 0.15) is 25.3 Å². The number of carbonyl (C=O) groups excluding carboxylic acids is 1. The fraction of sp³-hybridized carbons (Fsp3) is 0.462. The summed E-state index contributed by atoms with van der Waals surface area (Å²) in [6, 6.07) is 6.33. The minimum atomic E-state index is -0.437. The van der Waals surface area contributed by atoms with Gasteiger partial charge in [0, 0.05) is 24.7 Å². The van der Waals surface area contributed by atoms with Gasteiger partial charge < -0.3 is 5.11 Å². The van der Waals surface area contributed by atoms with E-state index in [9.17, 15) is 14.9 Å². The van der Waals surface area contributed by atoms with Crippen molar-refractivity contribution in [2.75, 3.05) is 6.61 Å². The van der Waals surface area contributed by atoms with Crippen molar-refractivity contribution in [3.8, 4) is 0 Å². The van der Waals surface area contributed by atoms with Gasteiger partial charge >= 0.3 is 0 Å². The van der Waals surface area contributed by atoms with Gasteiger partial charge in [0.2, 0.25) is 0 Å². The van der Waals surface area contributed by atoms with E-state index in [2.05, 4.69) is 0 Å². The molecule has 0 fully saturated rings. The monoisotopic (exact) mass is 251 g/mol. The molecule has 0 aromatic heterocycles. The number of benzene rings is 1. The summed E-state index contributed by atoms with van der Waals surface area (Å²) in [5, 5.41) is 19.3. The van der Waals surface area contributed by atoms with Crippen LogP contribution in [0.3, 0.4) is 0 Å². The van der Waals surface area contributed by atoms with Crippen LogP contribution in [0.4, 0.5) is 5.69 Å². The van der Waals surface area contributed by atoms with Crippen molar-refractivity contribution in [2.24, 2.45) is 5.92 Å². The van der Waals surface area contributed by atoms with Crippen molar-refractivity contribution >= 4 is 11.5 Å². The van der Waals surface area contributed by atoms with Gasteiger partial charge in [0.1, 0.15) is 5.78 Å². The molecule has 0 heterocycles. The Bertz CT molecular complexity index is 414. The summed E-state index contributed by atoms with van der Waals surface area (Å²) in [6.07, 6.45) is 1.82. The summed E-state index contributed by atoms with van der Waals surface area (Å²) in [5.41, 5.74) is 1.03. The topological polar surface area (TPSA) is 80.4 Å². The highest BCUT2D eigenvalue weighted by atomic mass is 16.6. The molecule has 0 aliphatic rings. The summed E-state index contributed by atoms with van der Waals surface area (Å²) in [4.78, 5) is 21.3. The molecule has 0 spiro atoms. The molecule has 1 atom stereocenters. The van der Waals surface area contributed by atoms with Crippen LogP contribution in [-0.2, 0) is 11.2 Å². The fourth-order valence-electron chi connectivity index (χ4n) is 1.83. The van der Waals surface area contributed by atoms with E-state index in [1.165, 1.54) is 19.1 Å². The van der Waals surface area contributed by atoms with E-state index in [0.717, 1.165) is 5.56 Å². The third kappa shape index (κ3) is 4.25. The molecule has 5 heteroatoms. The van der Waals surface area contributed by atoms with Crippen LogP contribution < -0.4 is 0 Å². The van der Waals surface area contributed by atoms with E-state index in [1.54, 1.807) is 12.1 Å². The number of hydrogen-bond donors (Lipinski definition) is 1. The Morgan fingerprint density at radius 3 is 2.39 bits per heavy atom. The molecule has 0 saturated heterocycles. The first-order valence-electron chi connectivity index (χ1n) is 5.89. The molecule has 0 bridgehead atoms. The minimum Gasteiger partial charge on any atom is -0.396 e. The Labute approximate surface area is 106 Å². The number of nitrogens with zero attached hydrogens (tertiary/aromatic N) is 1. The molecule has 0 saturated carbocycles. The molecule has 1 unspecified atom stereocenters. The molecule has 0 radical (unpaired) electrons. The van der Waals surface area contributed by atoms with Crippen LogP contribution in [0.5, 0.6) is 0 Å². The van der Waals surface area contributed by atoms with E-state index in [1.807, 2.05) is 0 Å². The van der Waals surface area contributed by atoms with Gasteiger partial charge in [0.15, 0.2) is 0 Å². The molecule has 1 rings (SSSR count). The number of non-ortho nitro benzene ring substituents is 1. The van der Waals surface area contributed by atoms with E-state index >= 15 is 0 Å².